The van der Waals surface area contributed by atoms with Gasteiger partial charge in [0.1, 0.15) is 0 Å². The molecule has 5 aromatic carbocycles. The van der Waals surface area contributed by atoms with Crippen molar-refractivity contribution in [2.24, 2.45) is 0 Å². The van der Waals surface area contributed by atoms with Crippen LogP contribution in [-0.2, 0) is 0 Å². The highest BCUT2D eigenvalue weighted by Crippen LogP contribution is 2.42. The fourth-order valence-electron chi connectivity index (χ4n) is 5.20. The van der Waals surface area contributed by atoms with E-state index in [1.807, 2.05) is 17.4 Å². The van der Waals surface area contributed by atoms with Crippen molar-refractivity contribution in [1.29, 1.82) is 0 Å². The van der Waals surface area contributed by atoms with Crippen LogP contribution in [0.4, 0.5) is 0 Å². The molecule has 0 radical (unpaired) electrons. The van der Waals surface area contributed by atoms with E-state index in [1.165, 1.54) is 41.0 Å². The normalized spacial score (nSPS) is 11.9. The summed E-state index contributed by atoms with van der Waals surface area (Å²) in [6.07, 6.45) is 0. The monoisotopic (exact) mass is 494 g/mol. The van der Waals surface area contributed by atoms with Crippen LogP contribution in [0.25, 0.3) is 73.9 Å². The van der Waals surface area contributed by atoms with Crippen molar-refractivity contribution in [3.05, 3.63) is 109 Å². The Labute approximate surface area is 215 Å². The number of hydrogen-bond acceptors (Lipinski definition) is 4. The van der Waals surface area contributed by atoms with Gasteiger partial charge in [-0.3, -0.25) is 0 Å². The molecule has 4 heteroatoms. The molecule has 8 rings (SSSR count). The van der Waals surface area contributed by atoms with Gasteiger partial charge in [0.2, 0.25) is 0 Å². The zero-order chi connectivity index (χ0) is 23.6. The Kier molecular flexibility index (Phi) is 4.30. The van der Waals surface area contributed by atoms with E-state index in [0.29, 0.717) is 0 Å². The summed E-state index contributed by atoms with van der Waals surface area (Å²) >= 11 is 3.62. The molecular formula is C32H18N2S2. The standard InChI is InChI=1S/C32H18N2S2/c1-2-9-20(10-3-1)29-31-30(23-12-6-7-13-25(23)36-31)34-32(33-29)21-15-16-26-24(18-21)28-22-11-5-4-8-19(22)14-17-27(28)35-26/h1-18H. The van der Waals surface area contributed by atoms with Gasteiger partial charge in [-0.2, -0.15) is 0 Å². The first-order valence-corrected chi connectivity index (χ1v) is 13.6. The van der Waals surface area contributed by atoms with Gasteiger partial charge in [0.05, 0.1) is 15.9 Å². The molecule has 0 bridgehead atoms. The Hall–Kier alpha value is -4.12. The van der Waals surface area contributed by atoms with Gasteiger partial charge >= 0.3 is 0 Å². The maximum atomic E-state index is 5.17. The van der Waals surface area contributed by atoms with E-state index in [2.05, 4.69) is 103 Å². The van der Waals surface area contributed by atoms with Crippen LogP contribution >= 0.6 is 22.7 Å². The van der Waals surface area contributed by atoms with Crippen molar-refractivity contribution in [1.82, 2.24) is 9.97 Å². The third-order valence-electron chi connectivity index (χ3n) is 6.88. The molecule has 0 aliphatic rings. The fraction of sp³-hybridized carbons (Fsp3) is 0. The van der Waals surface area contributed by atoms with Gasteiger partial charge in [-0.1, -0.05) is 78.9 Å². The van der Waals surface area contributed by atoms with E-state index in [0.717, 1.165) is 32.9 Å². The molecule has 3 heterocycles. The molecule has 0 fully saturated rings. The van der Waals surface area contributed by atoms with E-state index in [1.54, 1.807) is 11.3 Å². The first kappa shape index (κ1) is 20.1. The third-order valence-corrected chi connectivity index (χ3v) is 9.19. The molecule has 0 saturated heterocycles. The summed E-state index contributed by atoms with van der Waals surface area (Å²) in [4.78, 5) is 10.3. The van der Waals surface area contributed by atoms with Crippen molar-refractivity contribution < 1.29 is 0 Å². The van der Waals surface area contributed by atoms with Gasteiger partial charge in [0.15, 0.2) is 5.82 Å². The molecular weight excluding hydrogens is 477 g/mol. The van der Waals surface area contributed by atoms with Crippen LogP contribution in [0.2, 0.25) is 0 Å². The smallest absolute Gasteiger partial charge is 0.160 e. The number of thiophene rings is 2. The molecule has 0 saturated carbocycles. The van der Waals surface area contributed by atoms with Crippen LogP contribution in [0.5, 0.6) is 0 Å². The lowest BCUT2D eigenvalue weighted by molar-refractivity contribution is 1.24. The molecule has 0 N–H and O–H groups in total. The summed E-state index contributed by atoms with van der Waals surface area (Å²) in [5.41, 5.74) is 4.19. The minimum atomic E-state index is 0.770. The summed E-state index contributed by atoms with van der Waals surface area (Å²) in [7, 11) is 0. The van der Waals surface area contributed by atoms with Gasteiger partial charge < -0.3 is 0 Å². The second kappa shape index (κ2) is 7.69. The predicted octanol–water partition coefficient (Wildman–Crippen LogP) is 9.70. The summed E-state index contributed by atoms with van der Waals surface area (Å²) in [5.74, 6) is 0.770. The first-order chi connectivity index (χ1) is 17.8. The summed E-state index contributed by atoms with van der Waals surface area (Å²) < 4.78 is 4.97. The Morgan fingerprint density at radius 2 is 1.25 bits per heavy atom. The van der Waals surface area contributed by atoms with E-state index in [-0.39, 0.29) is 0 Å². The molecule has 0 unspecified atom stereocenters. The highest BCUT2D eigenvalue weighted by Gasteiger charge is 2.17. The Morgan fingerprint density at radius 3 is 2.17 bits per heavy atom. The van der Waals surface area contributed by atoms with Gasteiger partial charge in [0, 0.05) is 41.4 Å². The van der Waals surface area contributed by atoms with Crippen LogP contribution < -0.4 is 0 Å². The molecule has 3 aromatic heterocycles. The van der Waals surface area contributed by atoms with Crippen LogP contribution in [0.3, 0.4) is 0 Å². The minimum Gasteiger partial charge on any atom is -0.226 e. The van der Waals surface area contributed by atoms with Crippen LogP contribution in [0, 0.1) is 0 Å². The second-order valence-electron chi connectivity index (χ2n) is 9.01. The molecule has 0 aliphatic carbocycles. The number of rotatable bonds is 2. The van der Waals surface area contributed by atoms with Crippen molar-refractivity contribution >= 4 is 73.9 Å². The Bertz CT molecular complexity index is 2100. The van der Waals surface area contributed by atoms with Crippen molar-refractivity contribution in [2.45, 2.75) is 0 Å². The maximum Gasteiger partial charge on any atom is 0.160 e. The summed E-state index contributed by atoms with van der Waals surface area (Å²) in [6, 6.07) is 38.8. The van der Waals surface area contributed by atoms with Gasteiger partial charge in [-0.25, -0.2) is 9.97 Å². The molecule has 0 atom stereocenters. The fourth-order valence-corrected chi connectivity index (χ4v) is 7.45. The zero-order valence-electron chi connectivity index (χ0n) is 19.1. The number of benzene rings is 5. The SMILES string of the molecule is c1ccc(-c2nc(-c3ccc4sc5ccc6ccccc6c5c4c3)nc3c2sc2ccccc23)cc1. The van der Waals surface area contributed by atoms with Crippen LogP contribution in [0.1, 0.15) is 0 Å². The average molecular weight is 495 g/mol. The highest BCUT2D eigenvalue weighted by molar-refractivity contribution is 7.26. The molecule has 36 heavy (non-hydrogen) atoms. The topological polar surface area (TPSA) is 25.8 Å². The molecule has 0 amide bonds. The van der Waals surface area contributed by atoms with E-state index in [4.69, 9.17) is 9.97 Å². The average Bonchev–Trinajstić information content (AvgIpc) is 3.51. The van der Waals surface area contributed by atoms with Crippen LogP contribution in [0.15, 0.2) is 109 Å². The van der Waals surface area contributed by atoms with E-state index >= 15 is 0 Å². The van der Waals surface area contributed by atoms with Gasteiger partial charge in [-0.05, 0) is 41.1 Å². The number of nitrogens with zero attached hydrogens (tertiary/aromatic N) is 2. The number of hydrogen-bond donors (Lipinski definition) is 0. The highest BCUT2D eigenvalue weighted by atomic mass is 32.1. The quantitative estimate of drug-likeness (QED) is 0.239. The van der Waals surface area contributed by atoms with E-state index < -0.39 is 0 Å². The first-order valence-electron chi connectivity index (χ1n) is 11.9. The number of fused-ring (bicyclic) bond motifs is 8. The van der Waals surface area contributed by atoms with E-state index in [9.17, 15) is 0 Å². The minimum absolute atomic E-state index is 0.770. The summed E-state index contributed by atoms with van der Waals surface area (Å²) in [6.45, 7) is 0. The predicted molar refractivity (Wildman–Crippen MR) is 156 cm³/mol. The van der Waals surface area contributed by atoms with Crippen molar-refractivity contribution in [3.8, 4) is 22.6 Å². The van der Waals surface area contributed by atoms with Crippen molar-refractivity contribution in [2.75, 3.05) is 0 Å². The lowest BCUT2D eigenvalue weighted by atomic mass is 10.0. The largest absolute Gasteiger partial charge is 0.226 e. The van der Waals surface area contributed by atoms with Crippen molar-refractivity contribution in [3.63, 3.8) is 0 Å². The lowest BCUT2D eigenvalue weighted by Crippen LogP contribution is -1.93. The molecule has 0 aliphatic heterocycles. The number of aromatic nitrogens is 2. The Morgan fingerprint density at radius 1 is 0.500 bits per heavy atom. The van der Waals surface area contributed by atoms with Gasteiger partial charge in [-0.15, -0.1) is 22.7 Å². The maximum absolute atomic E-state index is 5.17. The van der Waals surface area contributed by atoms with Gasteiger partial charge in [0.25, 0.3) is 0 Å². The molecule has 2 nitrogen and oxygen atoms in total. The summed E-state index contributed by atoms with van der Waals surface area (Å²) in [5, 5.41) is 6.34. The second-order valence-corrected chi connectivity index (χ2v) is 11.1. The molecule has 0 spiro atoms. The lowest BCUT2D eigenvalue weighted by Gasteiger charge is -2.07. The zero-order valence-corrected chi connectivity index (χ0v) is 20.7. The van der Waals surface area contributed by atoms with Crippen LogP contribution in [-0.4, -0.2) is 9.97 Å². The molecule has 168 valence electrons. The third kappa shape index (κ3) is 2.95. The Balaban J connectivity index is 1.45. The molecule has 8 aromatic rings.